The molecule has 0 radical (unpaired) electrons. The van der Waals surface area contributed by atoms with Gasteiger partial charge in [-0.3, -0.25) is 4.79 Å². The van der Waals surface area contributed by atoms with Crippen LogP contribution in [0.2, 0.25) is 0 Å². The van der Waals surface area contributed by atoms with E-state index in [1.54, 1.807) is 30.5 Å². The second-order valence-electron chi connectivity index (χ2n) is 8.22. The number of amides is 1. The van der Waals surface area contributed by atoms with Crippen molar-refractivity contribution >= 4 is 22.4 Å². The third-order valence-electron chi connectivity index (χ3n) is 6.03. The Balaban J connectivity index is 1.66. The van der Waals surface area contributed by atoms with Crippen molar-refractivity contribution in [3.05, 3.63) is 83.9 Å². The summed E-state index contributed by atoms with van der Waals surface area (Å²) >= 11 is 0. The molecule has 4 bridgehead atoms. The van der Waals surface area contributed by atoms with Crippen molar-refractivity contribution in [3.63, 3.8) is 0 Å². The molecule has 1 N–H and O–H groups in total. The fraction of sp³-hybridized carbons (Fsp3) is 0.192. The summed E-state index contributed by atoms with van der Waals surface area (Å²) in [6.07, 6.45) is 3.56. The summed E-state index contributed by atoms with van der Waals surface area (Å²) in [4.78, 5) is 19.2. The standard InChI is InChI=1S/C26H23N5O2/c1-17-26(32)30(2)24-5-3-4-19-8-9-22(11-23(19)24)33-25-10-18(6-7-20(25)12-27)15-31-16-28-13-21(31)14-29-17/h3-11,13,16-17,29H,14-15H2,1-2H3/t17-/m1/s1. The van der Waals surface area contributed by atoms with E-state index in [1.165, 1.54) is 0 Å². The summed E-state index contributed by atoms with van der Waals surface area (Å²) < 4.78 is 8.21. The van der Waals surface area contributed by atoms with Crippen molar-refractivity contribution in [1.29, 1.82) is 5.26 Å². The summed E-state index contributed by atoms with van der Waals surface area (Å²) in [7, 11) is 1.79. The highest BCUT2D eigenvalue weighted by Gasteiger charge is 2.21. The molecule has 1 aliphatic heterocycles. The van der Waals surface area contributed by atoms with Crippen LogP contribution in [0.4, 0.5) is 5.69 Å². The highest BCUT2D eigenvalue weighted by atomic mass is 16.5. The number of fused-ring (bicyclic) bond motifs is 4. The minimum absolute atomic E-state index is 0.0380. The van der Waals surface area contributed by atoms with Crippen molar-refractivity contribution in [1.82, 2.24) is 14.9 Å². The van der Waals surface area contributed by atoms with E-state index in [9.17, 15) is 10.1 Å². The van der Waals surface area contributed by atoms with Crippen LogP contribution in [0.1, 0.15) is 23.7 Å². The summed E-state index contributed by atoms with van der Waals surface area (Å²) in [6.45, 7) is 2.94. The predicted molar refractivity (Wildman–Crippen MR) is 126 cm³/mol. The third kappa shape index (κ3) is 3.93. The largest absolute Gasteiger partial charge is 0.456 e. The summed E-state index contributed by atoms with van der Waals surface area (Å²) in [5.74, 6) is 1.06. The predicted octanol–water partition coefficient (Wildman–Crippen LogP) is 4.20. The Labute approximate surface area is 191 Å². The van der Waals surface area contributed by atoms with Gasteiger partial charge in [0.05, 0.1) is 29.3 Å². The minimum atomic E-state index is -0.387. The maximum absolute atomic E-state index is 13.2. The molecular formula is C26H23N5O2. The first kappa shape index (κ1) is 20.7. The Morgan fingerprint density at radius 1 is 1.18 bits per heavy atom. The Morgan fingerprint density at radius 2 is 2.06 bits per heavy atom. The number of anilines is 1. The molecule has 3 aromatic carbocycles. The van der Waals surface area contributed by atoms with E-state index in [0.29, 0.717) is 30.2 Å². The second kappa shape index (κ2) is 8.41. The minimum Gasteiger partial charge on any atom is -0.456 e. The highest BCUT2D eigenvalue weighted by Crippen LogP contribution is 2.33. The maximum atomic E-state index is 13.2. The number of hydrogen-bond donors (Lipinski definition) is 1. The van der Waals surface area contributed by atoms with Gasteiger partial charge in [0.15, 0.2) is 0 Å². The first-order valence-corrected chi connectivity index (χ1v) is 10.8. The zero-order valence-corrected chi connectivity index (χ0v) is 18.4. The molecule has 0 spiro atoms. The van der Waals surface area contributed by atoms with Gasteiger partial charge in [0, 0.05) is 31.7 Å². The average Bonchev–Trinajstić information content (AvgIpc) is 3.27. The molecule has 0 fully saturated rings. The highest BCUT2D eigenvalue weighted by molar-refractivity contribution is 6.05. The molecule has 0 aliphatic carbocycles. The van der Waals surface area contributed by atoms with Gasteiger partial charge >= 0.3 is 0 Å². The second-order valence-corrected chi connectivity index (χ2v) is 8.22. The fourth-order valence-electron chi connectivity index (χ4n) is 4.15. The lowest BCUT2D eigenvalue weighted by Crippen LogP contribution is -2.43. The van der Waals surface area contributed by atoms with Gasteiger partial charge in [-0.1, -0.05) is 24.3 Å². The van der Waals surface area contributed by atoms with Crippen LogP contribution in [0.5, 0.6) is 11.5 Å². The van der Waals surface area contributed by atoms with Crippen molar-refractivity contribution < 1.29 is 9.53 Å². The van der Waals surface area contributed by atoms with Crippen LogP contribution >= 0.6 is 0 Å². The lowest BCUT2D eigenvalue weighted by Gasteiger charge is -2.24. The van der Waals surface area contributed by atoms with E-state index in [2.05, 4.69) is 16.4 Å². The van der Waals surface area contributed by atoms with Gasteiger partial charge in [0.2, 0.25) is 5.91 Å². The number of carbonyl (C=O) groups is 1. The first-order chi connectivity index (χ1) is 16.0. The van der Waals surface area contributed by atoms with Crippen molar-refractivity contribution in [2.45, 2.75) is 26.1 Å². The number of rotatable bonds is 0. The van der Waals surface area contributed by atoms with Crippen LogP contribution in [0.15, 0.2) is 67.1 Å². The van der Waals surface area contributed by atoms with E-state index in [0.717, 1.165) is 27.7 Å². The van der Waals surface area contributed by atoms with E-state index >= 15 is 0 Å². The van der Waals surface area contributed by atoms with Gasteiger partial charge in [-0.25, -0.2) is 4.98 Å². The zero-order valence-electron chi connectivity index (χ0n) is 18.4. The molecule has 0 saturated carbocycles. The van der Waals surface area contributed by atoms with E-state index in [1.807, 2.05) is 60.0 Å². The van der Waals surface area contributed by atoms with Crippen LogP contribution < -0.4 is 15.0 Å². The number of likely N-dealkylation sites (N-methyl/N-ethyl adjacent to an activating group) is 1. The molecule has 1 aromatic heterocycles. The number of benzene rings is 3. The van der Waals surface area contributed by atoms with Gasteiger partial charge in [-0.15, -0.1) is 0 Å². The SMILES string of the molecule is C[C@H]1NCc2cncn2Cc2ccc(C#N)c(c2)Oc2ccc3cccc(c3c2)N(C)C1=O. The van der Waals surface area contributed by atoms with Crippen molar-refractivity contribution in [2.75, 3.05) is 11.9 Å². The smallest absolute Gasteiger partial charge is 0.243 e. The number of ether oxygens (including phenoxy) is 1. The van der Waals surface area contributed by atoms with E-state index < -0.39 is 0 Å². The van der Waals surface area contributed by atoms with Crippen LogP contribution in [0.25, 0.3) is 10.8 Å². The van der Waals surface area contributed by atoms with Gasteiger partial charge in [0.1, 0.15) is 17.6 Å². The number of nitriles is 1. The topological polar surface area (TPSA) is 83.2 Å². The monoisotopic (exact) mass is 437 g/mol. The molecule has 0 saturated heterocycles. The molecule has 0 unspecified atom stereocenters. The number of nitrogens with zero attached hydrogens (tertiary/aromatic N) is 4. The van der Waals surface area contributed by atoms with Gasteiger partial charge in [-0.05, 0) is 48.2 Å². The Hall–Kier alpha value is -4.15. The Morgan fingerprint density at radius 3 is 2.91 bits per heavy atom. The first-order valence-electron chi connectivity index (χ1n) is 10.8. The lowest BCUT2D eigenvalue weighted by atomic mass is 10.1. The van der Waals surface area contributed by atoms with Gasteiger partial charge < -0.3 is 19.5 Å². The van der Waals surface area contributed by atoms with E-state index in [4.69, 9.17) is 4.74 Å². The third-order valence-corrected chi connectivity index (χ3v) is 6.03. The molecule has 1 amide bonds. The normalized spacial score (nSPS) is 16.3. The Kier molecular flexibility index (Phi) is 5.29. The molecular weight excluding hydrogens is 414 g/mol. The average molecular weight is 438 g/mol. The van der Waals surface area contributed by atoms with Crippen molar-refractivity contribution in [3.8, 4) is 17.6 Å². The maximum Gasteiger partial charge on any atom is 0.243 e. The number of carbonyl (C=O) groups excluding carboxylic acids is 1. The van der Waals surface area contributed by atoms with Gasteiger partial charge in [0.25, 0.3) is 0 Å². The van der Waals surface area contributed by atoms with E-state index in [-0.39, 0.29) is 11.9 Å². The molecule has 7 nitrogen and oxygen atoms in total. The molecule has 4 aromatic rings. The summed E-state index contributed by atoms with van der Waals surface area (Å²) in [6, 6.07) is 19.1. The number of nitrogens with one attached hydrogen (secondary N) is 1. The molecule has 164 valence electrons. The zero-order chi connectivity index (χ0) is 22.9. The summed E-state index contributed by atoms with van der Waals surface area (Å²) in [5.41, 5.74) is 3.20. The van der Waals surface area contributed by atoms with Crippen LogP contribution in [-0.2, 0) is 17.9 Å². The lowest BCUT2D eigenvalue weighted by molar-refractivity contribution is -0.119. The Bertz CT molecular complexity index is 1400. The van der Waals surface area contributed by atoms with Crippen molar-refractivity contribution in [2.24, 2.45) is 0 Å². The molecule has 7 heteroatoms. The molecule has 33 heavy (non-hydrogen) atoms. The fourth-order valence-corrected chi connectivity index (χ4v) is 4.15. The molecule has 1 aliphatic rings. The molecule has 2 heterocycles. The van der Waals surface area contributed by atoms with Crippen LogP contribution in [0.3, 0.4) is 0 Å². The molecule has 1 atom stereocenters. The summed E-state index contributed by atoms with van der Waals surface area (Å²) in [5, 5.41) is 14.8. The quantitative estimate of drug-likeness (QED) is 0.446. The van der Waals surface area contributed by atoms with Crippen LogP contribution in [0, 0.1) is 11.3 Å². The number of aromatic nitrogens is 2. The number of hydrogen-bond acceptors (Lipinski definition) is 5. The van der Waals surface area contributed by atoms with Gasteiger partial charge in [-0.2, -0.15) is 5.26 Å². The number of imidazole rings is 1. The molecule has 5 rings (SSSR count). The van der Waals surface area contributed by atoms with Crippen LogP contribution in [-0.4, -0.2) is 28.5 Å².